The Hall–Kier alpha value is -3.17. The number of para-hydroxylation sites is 1. The van der Waals surface area contributed by atoms with Crippen molar-refractivity contribution in [1.29, 1.82) is 0 Å². The molecule has 0 spiro atoms. The maximum Gasteiger partial charge on any atom is 0.325 e. The van der Waals surface area contributed by atoms with Crippen LogP contribution in [-0.4, -0.2) is 70.2 Å². The fraction of sp³-hybridized carbons (Fsp3) is 0.567. The van der Waals surface area contributed by atoms with Gasteiger partial charge in [0.1, 0.15) is 17.6 Å². The molecule has 1 fully saturated rings. The van der Waals surface area contributed by atoms with Crippen molar-refractivity contribution in [1.82, 2.24) is 19.7 Å². The normalized spacial score (nSPS) is 16.6. The van der Waals surface area contributed by atoms with Crippen molar-refractivity contribution in [3.8, 4) is 5.75 Å². The number of carbonyl (C=O) groups is 1. The molecule has 210 valence electrons. The molecule has 0 amide bonds. The summed E-state index contributed by atoms with van der Waals surface area (Å²) in [5, 5.41) is 19.3. The number of methoxy groups -OCH3 is 1. The van der Waals surface area contributed by atoms with Gasteiger partial charge in [0.05, 0.1) is 24.4 Å². The smallest absolute Gasteiger partial charge is 0.325 e. The van der Waals surface area contributed by atoms with Gasteiger partial charge in [0.2, 0.25) is 0 Å². The third kappa shape index (κ3) is 5.75. The van der Waals surface area contributed by atoms with Gasteiger partial charge in [-0.1, -0.05) is 24.6 Å². The number of unbranched alkanes of at least 4 members (excludes halogenated alkanes) is 2. The molecule has 5 rings (SSSR count). The van der Waals surface area contributed by atoms with Crippen LogP contribution in [0.25, 0.3) is 10.9 Å². The van der Waals surface area contributed by atoms with Crippen LogP contribution in [0.3, 0.4) is 0 Å². The molecule has 9 heteroatoms. The molecule has 0 aliphatic carbocycles. The van der Waals surface area contributed by atoms with E-state index in [-0.39, 0.29) is 12.1 Å². The van der Waals surface area contributed by atoms with E-state index in [1.165, 1.54) is 5.56 Å². The second kappa shape index (κ2) is 11.9. The number of nitrogens with one attached hydrogen (secondary N) is 1. The molecule has 1 unspecified atom stereocenters. The van der Waals surface area contributed by atoms with Gasteiger partial charge in [0.15, 0.2) is 0 Å². The van der Waals surface area contributed by atoms with Crippen molar-refractivity contribution in [3.05, 3.63) is 46.8 Å². The lowest BCUT2D eigenvalue weighted by molar-refractivity contribution is -0.150. The molecule has 2 aliphatic rings. The second-order valence-electron chi connectivity index (χ2n) is 11.0. The van der Waals surface area contributed by atoms with Crippen molar-refractivity contribution in [2.45, 2.75) is 77.5 Å². The number of pyridine rings is 1. The number of aromatic nitrogens is 3. The van der Waals surface area contributed by atoms with Crippen LogP contribution in [0.1, 0.15) is 74.1 Å². The number of likely N-dealkylation sites (tertiary alicyclic amines) is 1. The Kier molecular flexibility index (Phi) is 8.37. The van der Waals surface area contributed by atoms with Gasteiger partial charge in [-0.2, -0.15) is 5.10 Å². The monoisotopic (exact) mass is 535 g/mol. The molecule has 4 heterocycles. The Morgan fingerprint density at radius 3 is 2.79 bits per heavy atom. The van der Waals surface area contributed by atoms with E-state index in [1.807, 2.05) is 34.7 Å². The lowest BCUT2D eigenvalue weighted by atomic mass is 9.97. The highest BCUT2D eigenvalue weighted by Crippen LogP contribution is 2.35. The molecule has 39 heavy (non-hydrogen) atoms. The second-order valence-corrected chi connectivity index (χ2v) is 11.0. The Bertz CT molecular complexity index is 1300. The van der Waals surface area contributed by atoms with Crippen molar-refractivity contribution in [2.24, 2.45) is 0 Å². The number of carboxylic acids is 1. The number of aryl methyl sites for hydroxylation is 2. The highest BCUT2D eigenvalue weighted by atomic mass is 16.5. The quantitative estimate of drug-likeness (QED) is 0.315. The highest BCUT2D eigenvalue weighted by molar-refractivity contribution is 5.90. The van der Waals surface area contributed by atoms with Crippen LogP contribution >= 0.6 is 0 Å². The number of ether oxygens (including phenoxy) is 2. The SMILES string of the molecule is COc1cc(CCCCCOC2CN(C(C(=O)O)c3cccc4c(C)nn(C(C)C)c34)C2)nc2c1CCCN2. The Balaban J connectivity index is 1.10. The molecular weight excluding hydrogens is 494 g/mol. The third-order valence-electron chi connectivity index (χ3n) is 7.89. The summed E-state index contributed by atoms with van der Waals surface area (Å²) in [6.45, 7) is 9.02. The molecule has 0 radical (unpaired) electrons. The number of anilines is 1. The average Bonchev–Trinajstić information content (AvgIpc) is 3.25. The van der Waals surface area contributed by atoms with Crippen molar-refractivity contribution in [2.75, 3.05) is 38.7 Å². The minimum absolute atomic E-state index is 0.0699. The summed E-state index contributed by atoms with van der Waals surface area (Å²) in [5.41, 5.74) is 4.91. The number of benzene rings is 1. The number of fused-ring (bicyclic) bond motifs is 2. The van der Waals surface area contributed by atoms with Crippen LogP contribution < -0.4 is 10.1 Å². The van der Waals surface area contributed by atoms with E-state index in [0.717, 1.165) is 84.5 Å². The molecule has 9 nitrogen and oxygen atoms in total. The van der Waals surface area contributed by atoms with Gasteiger partial charge in [0.25, 0.3) is 0 Å². The summed E-state index contributed by atoms with van der Waals surface area (Å²) in [5.74, 6) is 1.09. The highest BCUT2D eigenvalue weighted by Gasteiger charge is 2.39. The molecule has 1 saturated heterocycles. The first-order chi connectivity index (χ1) is 18.9. The van der Waals surface area contributed by atoms with Crippen LogP contribution in [0.4, 0.5) is 5.82 Å². The van der Waals surface area contributed by atoms with Gasteiger partial charge >= 0.3 is 5.97 Å². The molecule has 0 saturated carbocycles. The number of nitrogens with zero attached hydrogens (tertiary/aromatic N) is 4. The first-order valence-corrected chi connectivity index (χ1v) is 14.2. The zero-order chi connectivity index (χ0) is 27.5. The van der Waals surface area contributed by atoms with Gasteiger partial charge in [-0.15, -0.1) is 0 Å². The van der Waals surface area contributed by atoms with E-state index in [2.05, 4.69) is 30.3 Å². The predicted molar refractivity (Wildman–Crippen MR) is 152 cm³/mol. The van der Waals surface area contributed by atoms with Crippen LogP contribution in [0.5, 0.6) is 5.75 Å². The first-order valence-electron chi connectivity index (χ1n) is 14.2. The molecule has 2 N–H and O–H groups in total. The van der Waals surface area contributed by atoms with Crippen LogP contribution in [-0.2, 0) is 22.4 Å². The first kappa shape index (κ1) is 27.4. The molecule has 1 atom stereocenters. The van der Waals surface area contributed by atoms with E-state index in [4.69, 9.17) is 14.5 Å². The fourth-order valence-corrected chi connectivity index (χ4v) is 5.84. The standard InChI is InChI=1S/C30H41N5O4/c1-19(2)35-27-23(20(3)33-35)11-8-12-25(27)28(30(36)37)34-17-22(18-34)39-15-7-5-6-10-21-16-26(38-4)24-13-9-14-31-29(24)32-21/h8,11-12,16,19,22,28H,5-7,9-10,13-15,17-18H2,1-4H3,(H,31,32)(H,36,37). The number of hydrogen-bond donors (Lipinski definition) is 2. The number of carboxylic acid groups (broad SMARTS) is 1. The lowest BCUT2D eigenvalue weighted by Gasteiger charge is -2.42. The topological polar surface area (TPSA) is 102 Å². The van der Waals surface area contributed by atoms with Gasteiger partial charge in [-0.05, 0) is 52.9 Å². The van der Waals surface area contributed by atoms with Crippen molar-refractivity contribution in [3.63, 3.8) is 0 Å². The van der Waals surface area contributed by atoms with Crippen LogP contribution in [0.2, 0.25) is 0 Å². The minimum atomic E-state index is -0.835. The molecular formula is C30H41N5O4. The third-order valence-corrected chi connectivity index (χ3v) is 7.89. The maximum absolute atomic E-state index is 12.4. The van der Waals surface area contributed by atoms with Gasteiger partial charge in [0, 0.05) is 60.6 Å². The molecule has 2 aliphatic heterocycles. The van der Waals surface area contributed by atoms with Gasteiger partial charge < -0.3 is 19.9 Å². The molecule has 0 bridgehead atoms. The van der Waals surface area contributed by atoms with E-state index >= 15 is 0 Å². The van der Waals surface area contributed by atoms with Gasteiger partial charge in [-0.3, -0.25) is 14.4 Å². The fourth-order valence-electron chi connectivity index (χ4n) is 5.84. The zero-order valence-electron chi connectivity index (χ0n) is 23.6. The predicted octanol–water partition coefficient (Wildman–Crippen LogP) is 4.93. The van der Waals surface area contributed by atoms with Gasteiger partial charge in [-0.25, -0.2) is 4.98 Å². The van der Waals surface area contributed by atoms with E-state index in [0.29, 0.717) is 19.7 Å². The Morgan fingerprint density at radius 2 is 2.05 bits per heavy atom. The van der Waals surface area contributed by atoms with Crippen LogP contribution in [0.15, 0.2) is 24.3 Å². The van der Waals surface area contributed by atoms with E-state index in [9.17, 15) is 9.90 Å². The van der Waals surface area contributed by atoms with E-state index < -0.39 is 12.0 Å². The van der Waals surface area contributed by atoms with Crippen molar-refractivity contribution >= 4 is 22.7 Å². The summed E-state index contributed by atoms with van der Waals surface area (Å²) in [6.07, 6.45) is 6.19. The van der Waals surface area contributed by atoms with Crippen LogP contribution in [0, 0.1) is 6.92 Å². The number of aliphatic carboxylic acids is 1. The Labute approximate surface area is 230 Å². The zero-order valence-corrected chi connectivity index (χ0v) is 23.6. The summed E-state index contributed by atoms with van der Waals surface area (Å²) in [7, 11) is 1.73. The lowest BCUT2D eigenvalue weighted by Crippen LogP contribution is -2.55. The number of hydrogen-bond acceptors (Lipinski definition) is 7. The average molecular weight is 536 g/mol. The van der Waals surface area contributed by atoms with Crippen molar-refractivity contribution < 1.29 is 19.4 Å². The van der Waals surface area contributed by atoms with E-state index in [1.54, 1.807) is 7.11 Å². The summed E-state index contributed by atoms with van der Waals surface area (Å²) < 4.78 is 13.7. The molecule has 1 aromatic carbocycles. The largest absolute Gasteiger partial charge is 0.496 e. The summed E-state index contributed by atoms with van der Waals surface area (Å²) in [4.78, 5) is 19.2. The summed E-state index contributed by atoms with van der Waals surface area (Å²) >= 11 is 0. The molecule has 2 aromatic heterocycles. The Morgan fingerprint density at radius 1 is 1.23 bits per heavy atom. The number of rotatable bonds is 12. The minimum Gasteiger partial charge on any atom is -0.496 e. The molecule has 3 aromatic rings. The summed E-state index contributed by atoms with van der Waals surface area (Å²) in [6, 6.07) is 7.41. The maximum atomic E-state index is 12.4.